The number of benzene rings is 2. The van der Waals surface area contributed by atoms with E-state index in [4.69, 9.17) is 0 Å². The molecule has 27 heavy (non-hydrogen) atoms. The van der Waals surface area contributed by atoms with Crippen molar-refractivity contribution in [1.82, 2.24) is 4.98 Å². The first-order valence-corrected chi connectivity index (χ1v) is 8.78. The molecule has 0 fully saturated rings. The van der Waals surface area contributed by atoms with Gasteiger partial charge in [-0.3, -0.25) is 4.79 Å². The molecule has 3 rings (SSSR count). The van der Waals surface area contributed by atoms with Crippen LogP contribution < -0.4 is 5.32 Å². The maximum atomic E-state index is 13.8. The van der Waals surface area contributed by atoms with Crippen LogP contribution in [0, 0.1) is 12.7 Å². The van der Waals surface area contributed by atoms with E-state index in [1.54, 1.807) is 18.4 Å². The normalized spacial score (nSPS) is 11.4. The Labute approximate surface area is 156 Å². The van der Waals surface area contributed by atoms with Crippen LogP contribution in [0.25, 0.3) is 10.6 Å². The zero-order chi connectivity index (χ0) is 19.6. The highest BCUT2D eigenvalue weighted by Gasteiger charge is 2.30. The van der Waals surface area contributed by atoms with Crippen molar-refractivity contribution in [3.8, 4) is 10.6 Å². The monoisotopic (exact) mass is 394 g/mol. The van der Waals surface area contributed by atoms with Crippen LogP contribution in [0.4, 0.5) is 23.2 Å². The molecule has 0 atom stereocenters. The molecule has 1 aromatic heterocycles. The van der Waals surface area contributed by atoms with Crippen LogP contribution in [0.5, 0.6) is 0 Å². The Morgan fingerprint density at radius 2 is 1.85 bits per heavy atom. The summed E-state index contributed by atoms with van der Waals surface area (Å²) in [5, 5.41) is 4.64. The lowest BCUT2D eigenvalue weighted by Crippen LogP contribution is -2.15. The third kappa shape index (κ3) is 4.71. The molecule has 0 radical (unpaired) electrons. The number of carbonyl (C=O) groups excluding carboxylic acids is 1. The molecule has 0 aliphatic rings. The lowest BCUT2D eigenvalue weighted by atomic mass is 10.1. The van der Waals surface area contributed by atoms with Crippen LogP contribution in [-0.2, 0) is 17.4 Å². The van der Waals surface area contributed by atoms with Crippen LogP contribution in [0.3, 0.4) is 0 Å². The molecule has 1 heterocycles. The summed E-state index contributed by atoms with van der Waals surface area (Å²) >= 11 is 1.22. The molecule has 0 unspecified atom stereocenters. The van der Waals surface area contributed by atoms with Crippen LogP contribution in [0.2, 0.25) is 0 Å². The van der Waals surface area contributed by atoms with Crippen molar-refractivity contribution in [2.24, 2.45) is 0 Å². The molecule has 3 aromatic rings. The molecule has 0 bridgehead atoms. The first kappa shape index (κ1) is 19.0. The summed E-state index contributed by atoms with van der Waals surface area (Å²) in [5.41, 5.74) is 1.08. The number of nitrogens with one attached hydrogen (secondary N) is 1. The molecular formula is C19H14F4N2OS. The molecule has 140 valence electrons. The van der Waals surface area contributed by atoms with Gasteiger partial charge in [-0.25, -0.2) is 9.37 Å². The van der Waals surface area contributed by atoms with E-state index >= 15 is 0 Å². The smallest absolute Gasteiger partial charge is 0.323 e. The Balaban J connectivity index is 1.68. The third-order valence-corrected chi connectivity index (χ3v) is 4.69. The quantitative estimate of drug-likeness (QED) is 0.597. The van der Waals surface area contributed by atoms with E-state index in [0.717, 1.165) is 17.7 Å². The largest absolute Gasteiger partial charge is 0.416 e. The highest BCUT2D eigenvalue weighted by atomic mass is 32.1. The molecule has 0 aliphatic carbocycles. The number of carbonyl (C=O) groups is 1. The van der Waals surface area contributed by atoms with Crippen LogP contribution in [-0.4, -0.2) is 10.9 Å². The Bertz CT molecular complexity index is 965. The first-order chi connectivity index (χ1) is 12.7. The van der Waals surface area contributed by atoms with Crippen molar-refractivity contribution in [3.05, 3.63) is 70.5 Å². The molecule has 2 aromatic carbocycles. The Morgan fingerprint density at radius 1 is 1.15 bits per heavy atom. The summed E-state index contributed by atoms with van der Waals surface area (Å²) in [7, 11) is 0. The fourth-order valence-corrected chi connectivity index (χ4v) is 3.23. The summed E-state index contributed by atoms with van der Waals surface area (Å²) in [6.07, 6.45) is -4.46. The number of hydrogen-bond acceptors (Lipinski definition) is 3. The van der Waals surface area contributed by atoms with Gasteiger partial charge >= 0.3 is 6.18 Å². The Hall–Kier alpha value is -2.74. The highest BCUT2D eigenvalue weighted by Crippen LogP contribution is 2.31. The van der Waals surface area contributed by atoms with Gasteiger partial charge in [0.25, 0.3) is 0 Å². The number of anilines is 1. The van der Waals surface area contributed by atoms with Crippen LogP contribution >= 0.6 is 11.3 Å². The van der Waals surface area contributed by atoms with Gasteiger partial charge in [0.2, 0.25) is 5.91 Å². The van der Waals surface area contributed by atoms with Crippen molar-refractivity contribution in [1.29, 1.82) is 0 Å². The summed E-state index contributed by atoms with van der Waals surface area (Å²) < 4.78 is 51.6. The minimum absolute atomic E-state index is 0.0650. The van der Waals surface area contributed by atoms with Crippen molar-refractivity contribution >= 4 is 22.9 Å². The SMILES string of the molecule is Cc1ccc(NC(=O)Cc2csc(-c3ccc(C(F)(F)F)cc3)n2)c(F)c1. The van der Waals surface area contributed by atoms with Gasteiger partial charge in [-0.15, -0.1) is 11.3 Å². The van der Waals surface area contributed by atoms with Crippen molar-refractivity contribution in [2.75, 3.05) is 5.32 Å². The second-order valence-electron chi connectivity index (χ2n) is 5.93. The average molecular weight is 394 g/mol. The number of thiazole rings is 1. The number of halogens is 4. The number of alkyl halides is 3. The number of nitrogens with zero attached hydrogens (tertiary/aromatic N) is 1. The number of rotatable bonds is 4. The lowest BCUT2D eigenvalue weighted by molar-refractivity contribution is -0.137. The second-order valence-corrected chi connectivity index (χ2v) is 6.79. The molecular weight excluding hydrogens is 380 g/mol. The Kier molecular flexibility index (Phi) is 5.27. The van der Waals surface area contributed by atoms with Gasteiger partial charge in [0, 0.05) is 10.9 Å². The zero-order valence-electron chi connectivity index (χ0n) is 14.1. The minimum atomic E-state index is -4.39. The predicted molar refractivity (Wildman–Crippen MR) is 96.0 cm³/mol. The van der Waals surface area contributed by atoms with Gasteiger partial charge < -0.3 is 5.32 Å². The van der Waals surface area contributed by atoms with Gasteiger partial charge in [0.05, 0.1) is 23.4 Å². The standard InChI is InChI=1S/C19H14F4N2OS/c1-11-2-7-16(15(20)8-11)25-17(26)9-14-10-27-18(24-14)12-3-5-13(6-4-12)19(21,22)23/h2-8,10H,9H2,1H3,(H,25,26). The van der Waals surface area contributed by atoms with Crippen molar-refractivity contribution in [3.63, 3.8) is 0 Å². The van der Waals surface area contributed by atoms with E-state index in [-0.39, 0.29) is 12.1 Å². The first-order valence-electron chi connectivity index (χ1n) is 7.90. The molecule has 1 amide bonds. The molecule has 0 saturated carbocycles. The fraction of sp³-hybridized carbons (Fsp3) is 0.158. The lowest BCUT2D eigenvalue weighted by Gasteiger charge is -2.06. The zero-order valence-corrected chi connectivity index (χ0v) is 14.9. The van der Waals surface area contributed by atoms with Crippen LogP contribution in [0.15, 0.2) is 47.8 Å². The molecule has 0 spiro atoms. The van der Waals surface area contributed by atoms with Gasteiger partial charge in [0.15, 0.2) is 0 Å². The van der Waals surface area contributed by atoms with Crippen LogP contribution in [0.1, 0.15) is 16.8 Å². The van der Waals surface area contributed by atoms with Crippen molar-refractivity contribution in [2.45, 2.75) is 19.5 Å². The summed E-state index contributed by atoms with van der Waals surface area (Å²) in [6.45, 7) is 1.74. The average Bonchev–Trinajstić information content (AvgIpc) is 3.05. The highest BCUT2D eigenvalue weighted by molar-refractivity contribution is 7.13. The van der Waals surface area contributed by atoms with Gasteiger partial charge in [-0.1, -0.05) is 18.2 Å². The molecule has 0 aliphatic heterocycles. The maximum absolute atomic E-state index is 13.8. The molecule has 3 nitrogen and oxygen atoms in total. The third-order valence-electron chi connectivity index (χ3n) is 3.75. The number of aryl methyl sites for hydroxylation is 1. The number of amides is 1. The molecule has 0 saturated heterocycles. The van der Waals surface area contributed by atoms with Crippen molar-refractivity contribution < 1.29 is 22.4 Å². The van der Waals surface area contributed by atoms with E-state index < -0.39 is 23.5 Å². The Morgan fingerprint density at radius 3 is 2.48 bits per heavy atom. The summed E-state index contributed by atoms with van der Waals surface area (Å²) in [5.74, 6) is -0.950. The fourth-order valence-electron chi connectivity index (χ4n) is 2.40. The van der Waals surface area contributed by atoms with Gasteiger partial charge in [-0.2, -0.15) is 13.2 Å². The minimum Gasteiger partial charge on any atom is -0.323 e. The van der Waals surface area contributed by atoms with E-state index in [1.807, 2.05) is 0 Å². The number of hydrogen-bond donors (Lipinski definition) is 1. The van der Waals surface area contributed by atoms with Gasteiger partial charge in [-0.05, 0) is 36.8 Å². The second kappa shape index (κ2) is 7.48. The summed E-state index contributed by atoms with van der Waals surface area (Å²) in [4.78, 5) is 16.4. The van der Waals surface area contributed by atoms with E-state index in [1.165, 1.54) is 35.6 Å². The molecule has 1 N–H and O–H groups in total. The van der Waals surface area contributed by atoms with Gasteiger partial charge in [0.1, 0.15) is 10.8 Å². The van der Waals surface area contributed by atoms with E-state index in [0.29, 0.717) is 16.3 Å². The maximum Gasteiger partial charge on any atom is 0.416 e. The van der Waals surface area contributed by atoms with E-state index in [2.05, 4.69) is 10.3 Å². The molecule has 8 heteroatoms. The summed E-state index contributed by atoms with van der Waals surface area (Å²) in [6, 6.07) is 9.15. The number of aromatic nitrogens is 1. The van der Waals surface area contributed by atoms with E-state index in [9.17, 15) is 22.4 Å². The topological polar surface area (TPSA) is 42.0 Å². The predicted octanol–water partition coefficient (Wildman–Crippen LogP) is 5.46.